The van der Waals surface area contributed by atoms with Crippen LogP contribution in [0.25, 0.3) is 11.6 Å². The number of nitrogens with zero attached hydrogens (tertiary/aromatic N) is 4. The molecular weight excluding hydrogens is 376 g/mol. The van der Waals surface area contributed by atoms with Crippen molar-refractivity contribution in [1.29, 1.82) is 0 Å². The van der Waals surface area contributed by atoms with Gasteiger partial charge < -0.3 is 28.2 Å². The van der Waals surface area contributed by atoms with E-state index in [1.807, 2.05) is 29.2 Å². The topological polar surface area (TPSA) is 94.1 Å². The van der Waals surface area contributed by atoms with E-state index in [1.165, 1.54) is 0 Å². The number of fused-ring (bicyclic) bond motifs is 1. The number of carbonyl (C=O) groups is 1. The van der Waals surface area contributed by atoms with E-state index in [1.54, 1.807) is 23.3 Å². The number of hydrogen-bond acceptors (Lipinski definition) is 8. The summed E-state index contributed by atoms with van der Waals surface area (Å²) in [5.74, 6) is 2.01. The molecule has 29 heavy (non-hydrogen) atoms. The summed E-state index contributed by atoms with van der Waals surface area (Å²) in [7, 11) is 0. The van der Waals surface area contributed by atoms with Gasteiger partial charge in [0.2, 0.25) is 11.7 Å². The fourth-order valence-corrected chi connectivity index (χ4v) is 3.56. The number of amides is 1. The number of para-hydroxylation sites is 2. The molecule has 3 aromatic rings. The molecule has 1 saturated heterocycles. The number of anilines is 1. The van der Waals surface area contributed by atoms with Crippen molar-refractivity contribution < 1.29 is 23.2 Å². The monoisotopic (exact) mass is 396 g/mol. The third-order valence-electron chi connectivity index (χ3n) is 5.00. The molecule has 5 rings (SSSR count). The Morgan fingerprint density at radius 2 is 2.00 bits per heavy atom. The summed E-state index contributed by atoms with van der Waals surface area (Å²) >= 11 is 0. The lowest BCUT2D eigenvalue weighted by Crippen LogP contribution is -2.52. The van der Waals surface area contributed by atoms with Gasteiger partial charge >= 0.3 is 0 Å². The third-order valence-corrected chi connectivity index (χ3v) is 5.00. The first-order valence-corrected chi connectivity index (χ1v) is 9.51. The summed E-state index contributed by atoms with van der Waals surface area (Å²) in [5.41, 5.74) is 0.885. The predicted molar refractivity (Wildman–Crippen MR) is 101 cm³/mol. The molecule has 2 aromatic heterocycles. The lowest BCUT2D eigenvalue weighted by molar-refractivity contribution is -0.142. The van der Waals surface area contributed by atoms with Gasteiger partial charge in [-0.05, 0) is 24.3 Å². The van der Waals surface area contributed by atoms with Gasteiger partial charge in [0.25, 0.3) is 5.91 Å². The zero-order chi connectivity index (χ0) is 19.6. The van der Waals surface area contributed by atoms with Crippen LogP contribution in [0.5, 0.6) is 5.75 Å². The number of furan rings is 1. The van der Waals surface area contributed by atoms with Crippen LogP contribution in [0.2, 0.25) is 0 Å². The van der Waals surface area contributed by atoms with E-state index in [-0.39, 0.29) is 5.91 Å². The number of hydrogen-bond donors (Lipinski definition) is 0. The molecule has 0 radical (unpaired) electrons. The highest BCUT2D eigenvalue weighted by Gasteiger charge is 2.34. The van der Waals surface area contributed by atoms with E-state index in [0.717, 1.165) is 5.69 Å². The molecule has 0 aliphatic carbocycles. The highest BCUT2D eigenvalue weighted by atomic mass is 16.5. The minimum atomic E-state index is -0.601. The van der Waals surface area contributed by atoms with Crippen LogP contribution in [0, 0.1) is 0 Å². The molecule has 9 heteroatoms. The molecule has 1 atom stereocenters. The minimum Gasteiger partial charge on any atom is -0.477 e. The number of carbonyl (C=O) groups excluding carboxylic acids is 1. The van der Waals surface area contributed by atoms with Crippen LogP contribution in [0.15, 0.2) is 51.6 Å². The highest BCUT2D eigenvalue weighted by Crippen LogP contribution is 2.34. The number of aromatic nitrogens is 2. The zero-order valence-electron chi connectivity index (χ0n) is 15.7. The first-order chi connectivity index (χ1) is 14.3. The Balaban J connectivity index is 1.37. The van der Waals surface area contributed by atoms with E-state index >= 15 is 0 Å². The van der Waals surface area contributed by atoms with E-state index in [9.17, 15) is 4.79 Å². The van der Waals surface area contributed by atoms with Gasteiger partial charge in [-0.25, -0.2) is 0 Å². The normalized spacial score (nSPS) is 19.0. The molecule has 4 heterocycles. The Morgan fingerprint density at radius 3 is 2.83 bits per heavy atom. The number of ether oxygens (including phenoxy) is 2. The first-order valence-electron chi connectivity index (χ1n) is 9.51. The average molecular weight is 396 g/mol. The maximum atomic E-state index is 13.0. The Labute approximate surface area is 166 Å². The van der Waals surface area contributed by atoms with Gasteiger partial charge in [0, 0.05) is 13.1 Å². The van der Waals surface area contributed by atoms with Crippen molar-refractivity contribution in [2.24, 2.45) is 0 Å². The van der Waals surface area contributed by atoms with E-state index in [4.69, 9.17) is 18.4 Å². The molecule has 2 aliphatic heterocycles. The van der Waals surface area contributed by atoms with Gasteiger partial charge in [-0.15, -0.1) is 0 Å². The Kier molecular flexibility index (Phi) is 4.65. The lowest BCUT2D eigenvalue weighted by atomic mass is 10.1. The van der Waals surface area contributed by atoms with Crippen molar-refractivity contribution in [2.75, 3.05) is 37.7 Å². The summed E-state index contributed by atoms with van der Waals surface area (Å²) in [6.07, 6.45) is 0.960. The second-order valence-electron chi connectivity index (χ2n) is 6.88. The zero-order valence-corrected chi connectivity index (χ0v) is 15.7. The Hall–Kier alpha value is -3.33. The summed E-state index contributed by atoms with van der Waals surface area (Å²) in [4.78, 5) is 21.2. The van der Waals surface area contributed by atoms with Gasteiger partial charge in [0.05, 0.1) is 38.3 Å². The smallest absolute Gasteiger partial charge is 0.265 e. The Morgan fingerprint density at radius 1 is 1.14 bits per heavy atom. The number of morpholine rings is 1. The predicted octanol–water partition coefficient (Wildman–Crippen LogP) is 1.96. The average Bonchev–Trinajstić information content (AvgIpc) is 3.46. The van der Waals surface area contributed by atoms with E-state index in [0.29, 0.717) is 62.6 Å². The fourth-order valence-electron chi connectivity index (χ4n) is 3.56. The second kappa shape index (κ2) is 7.59. The molecule has 1 unspecified atom stereocenters. The van der Waals surface area contributed by atoms with Crippen molar-refractivity contribution in [2.45, 2.75) is 12.6 Å². The molecule has 0 saturated carbocycles. The van der Waals surface area contributed by atoms with Crippen LogP contribution in [-0.2, 0) is 16.1 Å². The van der Waals surface area contributed by atoms with Gasteiger partial charge in [-0.3, -0.25) is 4.79 Å². The number of rotatable bonds is 4. The SMILES string of the molecule is O=C(C1CN(Cc2nc(-c3ccco3)no2)c2ccccc2O1)N1CCOCC1. The van der Waals surface area contributed by atoms with Crippen LogP contribution < -0.4 is 9.64 Å². The molecule has 9 nitrogen and oxygen atoms in total. The standard InChI is InChI=1S/C20H20N4O5/c25-20(23-7-10-26-11-8-23)17-12-24(14-4-1-2-5-15(14)28-17)13-18-21-19(22-29-18)16-6-3-9-27-16/h1-6,9,17H,7-8,10-13H2. The molecule has 2 aliphatic rings. The minimum absolute atomic E-state index is 0.0328. The highest BCUT2D eigenvalue weighted by molar-refractivity contribution is 5.83. The van der Waals surface area contributed by atoms with Crippen LogP contribution >= 0.6 is 0 Å². The summed E-state index contributed by atoms with van der Waals surface area (Å²) in [6, 6.07) is 11.2. The van der Waals surface area contributed by atoms with Crippen molar-refractivity contribution in [1.82, 2.24) is 15.0 Å². The van der Waals surface area contributed by atoms with Crippen molar-refractivity contribution >= 4 is 11.6 Å². The van der Waals surface area contributed by atoms with Crippen molar-refractivity contribution in [3.63, 3.8) is 0 Å². The van der Waals surface area contributed by atoms with Crippen LogP contribution in [0.4, 0.5) is 5.69 Å². The van der Waals surface area contributed by atoms with E-state index < -0.39 is 6.10 Å². The van der Waals surface area contributed by atoms with Crippen LogP contribution in [0.3, 0.4) is 0 Å². The first kappa shape index (κ1) is 17.7. The van der Waals surface area contributed by atoms with Gasteiger partial charge in [0.1, 0.15) is 5.75 Å². The summed E-state index contributed by atoms with van der Waals surface area (Å²) in [5, 5.41) is 3.98. The maximum Gasteiger partial charge on any atom is 0.265 e. The van der Waals surface area contributed by atoms with Crippen LogP contribution in [-0.4, -0.2) is 59.9 Å². The van der Waals surface area contributed by atoms with Gasteiger partial charge in [0.15, 0.2) is 11.9 Å². The van der Waals surface area contributed by atoms with Crippen LogP contribution in [0.1, 0.15) is 5.89 Å². The molecule has 0 spiro atoms. The quantitative estimate of drug-likeness (QED) is 0.661. The van der Waals surface area contributed by atoms with E-state index in [2.05, 4.69) is 10.1 Å². The molecular formula is C20H20N4O5. The molecule has 0 N–H and O–H groups in total. The number of benzene rings is 1. The van der Waals surface area contributed by atoms with Crippen molar-refractivity contribution in [3.8, 4) is 17.3 Å². The molecule has 150 valence electrons. The lowest BCUT2D eigenvalue weighted by Gasteiger charge is -2.37. The molecule has 1 amide bonds. The van der Waals surface area contributed by atoms with Gasteiger partial charge in [-0.1, -0.05) is 17.3 Å². The maximum absolute atomic E-state index is 13.0. The molecule has 0 bridgehead atoms. The molecule has 1 aromatic carbocycles. The van der Waals surface area contributed by atoms with Crippen molar-refractivity contribution in [3.05, 3.63) is 48.6 Å². The summed E-state index contributed by atoms with van der Waals surface area (Å²) in [6.45, 7) is 3.02. The molecule has 1 fully saturated rings. The summed E-state index contributed by atoms with van der Waals surface area (Å²) < 4.78 is 22.1. The third kappa shape index (κ3) is 3.56. The van der Waals surface area contributed by atoms with Gasteiger partial charge in [-0.2, -0.15) is 4.98 Å². The fraction of sp³-hybridized carbons (Fsp3) is 0.350. The second-order valence-corrected chi connectivity index (χ2v) is 6.88. The largest absolute Gasteiger partial charge is 0.477 e. The Bertz CT molecular complexity index is 980.